The van der Waals surface area contributed by atoms with Crippen molar-refractivity contribution in [3.05, 3.63) is 39.2 Å². The van der Waals surface area contributed by atoms with Gasteiger partial charge < -0.3 is 9.80 Å². The van der Waals surface area contributed by atoms with Gasteiger partial charge in [-0.3, -0.25) is 4.79 Å². The van der Waals surface area contributed by atoms with E-state index < -0.39 is 0 Å². The quantitative estimate of drug-likeness (QED) is 0.816. The van der Waals surface area contributed by atoms with Crippen molar-refractivity contribution < 1.29 is 0 Å². The minimum Gasteiger partial charge on any atom is -0.365 e. The Hall–Kier alpha value is -2.15. The van der Waals surface area contributed by atoms with E-state index in [-0.39, 0.29) is 10.6 Å². The molecule has 2 aromatic heterocycles. The number of piperazine rings is 1. The number of aryl methyl sites for hydroxylation is 2. The van der Waals surface area contributed by atoms with Gasteiger partial charge in [-0.2, -0.15) is 5.10 Å². The molecule has 3 aliphatic rings. The molecule has 0 aromatic carbocycles. The van der Waals surface area contributed by atoms with Crippen LogP contribution in [0, 0.1) is 13.8 Å². The monoisotopic (exact) mass is 346 g/mol. The van der Waals surface area contributed by atoms with Crippen molar-refractivity contribution in [2.24, 2.45) is 7.05 Å². The summed E-state index contributed by atoms with van der Waals surface area (Å²) in [6.45, 7) is 5.70. The zero-order chi connectivity index (χ0) is 17.0. The third kappa shape index (κ3) is 2.18. The van der Waals surface area contributed by atoms with Crippen LogP contribution >= 0.6 is 11.6 Å². The fourth-order valence-corrected chi connectivity index (χ4v) is 3.95. The van der Waals surface area contributed by atoms with Crippen molar-refractivity contribution in [3.8, 4) is 0 Å². The van der Waals surface area contributed by atoms with Crippen LogP contribution in [0.5, 0.6) is 0 Å². The summed E-state index contributed by atoms with van der Waals surface area (Å²) >= 11 is 6.24. The van der Waals surface area contributed by atoms with Crippen molar-refractivity contribution in [1.82, 2.24) is 19.7 Å². The molecule has 0 radical (unpaired) electrons. The Kier molecular flexibility index (Phi) is 3.49. The van der Waals surface area contributed by atoms with Gasteiger partial charge in [-0.1, -0.05) is 11.6 Å². The summed E-state index contributed by atoms with van der Waals surface area (Å²) in [6.07, 6.45) is 4.44. The van der Waals surface area contributed by atoms with Crippen LogP contribution in [-0.4, -0.2) is 44.9 Å². The van der Waals surface area contributed by atoms with E-state index in [9.17, 15) is 4.79 Å². The number of anilines is 2. The number of rotatable bonds is 2. The third-order valence-corrected chi connectivity index (χ3v) is 5.50. The average Bonchev–Trinajstić information content (AvgIpc) is 2.57. The predicted molar refractivity (Wildman–Crippen MR) is 92.9 cm³/mol. The van der Waals surface area contributed by atoms with E-state index >= 15 is 0 Å². The lowest BCUT2D eigenvalue weighted by Crippen LogP contribution is -2.69. The maximum absolute atomic E-state index is 12.0. The first-order valence-corrected chi connectivity index (χ1v) is 8.38. The molecule has 24 heavy (non-hydrogen) atoms. The van der Waals surface area contributed by atoms with Crippen LogP contribution < -0.4 is 15.4 Å². The van der Waals surface area contributed by atoms with Crippen LogP contribution in [0.4, 0.5) is 11.5 Å². The highest BCUT2D eigenvalue weighted by molar-refractivity contribution is 6.33. The number of hydrogen-bond acceptors (Lipinski definition) is 6. The summed E-state index contributed by atoms with van der Waals surface area (Å²) in [4.78, 5) is 25.3. The molecule has 8 heteroatoms. The molecule has 7 nitrogen and oxygen atoms in total. The average molecular weight is 347 g/mol. The smallest absolute Gasteiger partial charge is 0.287 e. The molecular weight excluding hydrogens is 328 g/mol. The van der Waals surface area contributed by atoms with Crippen molar-refractivity contribution in [2.75, 3.05) is 22.9 Å². The lowest BCUT2D eigenvalue weighted by molar-refractivity contribution is 0.288. The van der Waals surface area contributed by atoms with E-state index in [0.717, 1.165) is 42.3 Å². The van der Waals surface area contributed by atoms with Crippen LogP contribution in [0.3, 0.4) is 0 Å². The fourth-order valence-electron chi connectivity index (χ4n) is 3.66. The predicted octanol–water partition coefficient (Wildman–Crippen LogP) is 1.31. The first-order valence-electron chi connectivity index (χ1n) is 8.00. The van der Waals surface area contributed by atoms with Crippen molar-refractivity contribution in [2.45, 2.75) is 32.4 Å². The second-order valence-electron chi connectivity index (χ2n) is 6.54. The van der Waals surface area contributed by atoms with Gasteiger partial charge in [-0.25, -0.2) is 14.6 Å². The molecule has 0 amide bonds. The van der Waals surface area contributed by atoms with Crippen molar-refractivity contribution in [1.29, 1.82) is 0 Å². The lowest BCUT2D eigenvalue weighted by atomic mass is 9.86. The van der Waals surface area contributed by atoms with Gasteiger partial charge in [-0.05, 0) is 20.3 Å². The first kappa shape index (κ1) is 15.4. The molecule has 2 atom stereocenters. The molecule has 2 unspecified atom stereocenters. The second-order valence-corrected chi connectivity index (χ2v) is 6.91. The minimum atomic E-state index is -0.257. The molecule has 0 aliphatic carbocycles. The number of hydrogen-bond donors (Lipinski definition) is 0. The zero-order valence-electron chi connectivity index (χ0n) is 13.9. The Morgan fingerprint density at radius 2 is 1.92 bits per heavy atom. The Morgan fingerprint density at radius 1 is 1.21 bits per heavy atom. The molecule has 3 saturated heterocycles. The Balaban J connectivity index is 1.60. The number of aromatic nitrogens is 4. The van der Waals surface area contributed by atoms with Crippen LogP contribution in [0.25, 0.3) is 0 Å². The summed E-state index contributed by atoms with van der Waals surface area (Å²) in [5, 5.41) is 4.35. The van der Waals surface area contributed by atoms with E-state index in [4.69, 9.17) is 11.6 Å². The third-order valence-electron chi connectivity index (χ3n) is 5.15. The molecule has 5 heterocycles. The van der Waals surface area contributed by atoms with E-state index in [1.807, 2.05) is 6.92 Å². The van der Waals surface area contributed by atoms with Gasteiger partial charge in [-0.15, -0.1) is 0 Å². The molecule has 2 bridgehead atoms. The summed E-state index contributed by atoms with van der Waals surface area (Å²) in [7, 11) is 1.60. The van der Waals surface area contributed by atoms with E-state index in [0.29, 0.717) is 12.1 Å². The van der Waals surface area contributed by atoms with Gasteiger partial charge in [0.1, 0.15) is 17.2 Å². The summed E-state index contributed by atoms with van der Waals surface area (Å²) in [5.74, 6) is 1.02. The Labute approximate surface area is 144 Å². The molecule has 0 spiro atoms. The van der Waals surface area contributed by atoms with Gasteiger partial charge in [0.05, 0.1) is 24.0 Å². The first-order chi connectivity index (χ1) is 11.5. The number of fused-ring (bicyclic) bond motifs is 2. The molecule has 2 aromatic rings. The molecule has 0 saturated carbocycles. The van der Waals surface area contributed by atoms with E-state index in [1.165, 1.54) is 4.68 Å². The Morgan fingerprint density at radius 3 is 2.62 bits per heavy atom. The molecule has 3 aliphatic heterocycles. The lowest BCUT2D eigenvalue weighted by Gasteiger charge is -2.57. The maximum atomic E-state index is 12.0. The highest BCUT2D eigenvalue weighted by Gasteiger charge is 2.46. The van der Waals surface area contributed by atoms with Gasteiger partial charge in [0.25, 0.3) is 5.56 Å². The standard InChI is InChI=1S/C16H19ClN6O/c1-9-10(2)18-8-19-15(9)23-11-4-12(23)7-22(6-11)13-5-20-21(3)16(24)14(13)17/h5,8,11-12H,4,6-7H2,1-3H3. The number of halogens is 1. The van der Waals surface area contributed by atoms with E-state index in [1.54, 1.807) is 19.6 Å². The van der Waals surface area contributed by atoms with Crippen LogP contribution in [-0.2, 0) is 7.05 Å². The van der Waals surface area contributed by atoms with E-state index in [2.05, 4.69) is 31.8 Å². The molecule has 3 fully saturated rings. The Bertz CT molecular complexity index is 854. The van der Waals surface area contributed by atoms with Gasteiger partial charge in [0.15, 0.2) is 0 Å². The summed E-state index contributed by atoms with van der Waals surface area (Å²) in [6, 6.07) is 0.744. The van der Waals surface area contributed by atoms with Gasteiger partial charge in [0.2, 0.25) is 0 Å². The second kappa shape index (κ2) is 5.44. The van der Waals surface area contributed by atoms with Crippen molar-refractivity contribution in [3.63, 3.8) is 0 Å². The van der Waals surface area contributed by atoms with Crippen LogP contribution in [0.15, 0.2) is 17.3 Å². The molecule has 126 valence electrons. The summed E-state index contributed by atoms with van der Waals surface area (Å²) in [5.41, 5.74) is 2.62. The highest BCUT2D eigenvalue weighted by atomic mass is 35.5. The normalized spacial score (nSPS) is 22.5. The SMILES string of the molecule is Cc1ncnc(N2C3CC2CN(c2cnn(C)c(=O)c2Cl)C3)c1C. The molecule has 0 N–H and O–H groups in total. The summed E-state index contributed by atoms with van der Waals surface area (Å²) < 4.78 is 1.26. The van der Waals surface area contributed by atoms with Gasteiger partial charge >= 0.3 is 0 Å². The largest absolute Gasteiger partial charge is 0.365 e. The van der Waals surface area contributed by atoms with Gasteiger partial charge in [0, 0.05) is 31.4 Å². The van der Waals surface area contributed by atoms with Crippen molar-refractivity contribution >= 4 is 23.1 Å². The number of piperidine rings is 1. The zero-order valence-corrected chi connectivity index (χ0v) is 14.7. The topological polar surface area (TPSA) is 67.2 Å². The maximum Gasteiger partial charge on any atom is 0.287 e. The van der Waals surface area contributed by atoms with Crippen LogP contribution in [0.2, 0.25) is 5.02 Å². The molecule has 5 rings (SSSR count). The molecular formula is C16H19ClN6O. The highest BCUT2D eigenvalue weighted by Crippen LogP contribution is 2.39. The number of nitrogens with zero attached hydrogens (tertiary/aromatic N) is 6. The minimum absolute atomic E-state index is 0.245. The van der Waals surface area contributed by atoms with Crippen LogP contribution in [0.1, 0.15) is 17.7 Å². The fraction of sp³-hybridized carbons (Fsp3) is 0.500.